The van der Waals surface area contributed by atoms with E-state index in [-0.39, 0.29) is 0 Å². The van der Waals surface area contributed by atoms with Crippen LogP contribution in [0.1, 0.15) is 11.6 Å². The molecule has 1 unspecified atom stereocenters. The van der Waals surface area contributed by atoms with Crippen molar-refractivity contribution in [1.29, 1.82) is 0 Å². The molecule has 1 aromatic carbocycles. The average Bonchev–Trinajstić information content (AvgIpc) is 2.27. The zero-order chi connectivity index (χ0) is 9.97. The predicted octanol–water partition coefficient (Wildman–Crippen LogP) is 1.39. The summed E-state index contributed by atoms with van der Waals surface area (Å²) in [5.74, 6) is 0.731. The van der Waals surface area contributed by atoms with Crippen LogP contribution in [0.15, 0.2) is 23.2 Å². The van der Waals surface area contributed by atoms with Crippen LogP contribution in [-0.2, 0) is 4.79 Å². The van der Waals surface area contributed by atoms with Crippen LogP contribution in [0.5, 0.6) is 5.75 Å². The second-order valence-electron chi connectivity index (χ2n) is 2.96. The molecule has 0 aliphatic carbocycles. The van der Waals surface area contributed by atoms with Crippen molar-refractivity contribution in [1.82, 2.24) is 0 Å². The lowest BCUT2D eigenvalue weighted by Gasteiger charge is -2.17. The molecular formula is C10H10N2O2. The van der Waals surface area contributed by atoms with Crippen molar-refractivity contribution < 1.29 is 9.53 Å². The Bertz CT molecular complexity index is 388. The highest BCUT2D eigenvalue weighted by Gasteiger charge is 2.16. The highest BCUT2D eigenvalue weighted by molar-refractivity contribution is 5.85. The summed E-state index contributed by atoms with van der Waals surface area (Å²) < 4.78 is 5.08. The summed E-state index contributed by atoms with van der Waals surface area (Å²) in [5, 5.41) is 2.97. The Morgan fingerprint density at radius 1 is 1.57 bits per heavy atom. The van der Waals surface area contributed by atoms with Crippen LogP contribution in [-0.4, -0.2) is 19.7 Å². The summed E-state index contributed by atoms with van der Waals surface area (Å²) in [6.07, 6.45) is 2.35. The predicted molar refractivity (Wildman–Crippen MR) is 53.9 cm³/mol. The maximum Gasteiger partial charge on any atom is 0.149 e. The molecular weight excluding hydrogens is 180 g/mol. The first-order valence-corrected chi connectivity index (χ1v) is 4.26. The van der Waals surface area contributed by atoms with Crippen molar-refractivity contribution in [3.05, 3.63) is 23.8 Å². The SMILES string of the molecule is COc1ccc2c(c1)C(C=O)N=CN2. The lowest BCUT2D eigenvalue weighted by atomic mass is 10.0. The molecule has 4 heteroatoms. The maximum atomic E-state index is 10.7. The summed E-state index contributed by atoms with van der Waals surface area (Å²) in [6.45, 7) is 0. The average molecular weight is 190 g/mol. The summed E-state index contributed by atoms with van der Waals surface area (Å²) in [6, 6.07) is 5.11. The number of carbonyl (C=O) groups excluding carboxylic acids is 1. The van der Waals surface area contributed by atoms with E-state index < -0.39 is 6.04 Å². The molecule has 4 nitrogen and oxygen atoms in total. The second-order valence-corrected chi connectivity index (χ2v) is 2.96. The summed E-state index contributed by atoms with van der Waals surface area (Å²) in [7, 11) is 1.59. The number of rotatable bonds is 2. The Morgan fingerprint density at radius 3 is 3.14 bits per heavy atom. The minimum absolute atomic E-state index is 0.415. The molecule has 0 bridgehead atoms. The van der Waals surface area contributed by atoms with Gasteiger partial charge in [-0.15, -0.1) is 0 Å². The molecule has 1 atom stereocenters. The van der Waals surface area contributed by atoms with E-state index in [9.17, 15) is 4.79 Å². The number of aliphatic imine (C=N–C) groups is 1. The molecule has 2 rings (SSSR count). The topological polar surface area (TPSA) is 50.7 Å². The number of carbonyl (C=O) groups is 1. The largest absolute Gasteiger partial charge is 0.497 e. The van der Waals surface area contributed by atoms with Crippen LogP contribution in [0.4, 0.5) is 5.69 Å². The Balaban J connectivity index is 2.47. The van der Waals surface area contributed by atoms with Gasteiger partial charge in [0.05, 0.1) is 13.4 Å². The van der Waals surface area contributed by atoms with Gasteiger partial charge in [-0.1, -0.05) is 0 Å². The van der Waals surface area contributed by atoms with E-state index in [4.69, 9.17) is 4.74 Å². The smallest absolute Gasteiger partial charge is 0.149 e. The molecule has 72 valence electrons. The van der Waals surface area contributed by atoms with E-state index in [0.29, 0.717) is 0 Å². The fraction of sp³-hybridized carbons (Fsp3) is 0.200. The molecule has 0 spiro atoms. The van der Waals surface area contributed by atoms with Crippen LogP contribution < -0.4 is 10.1 Å². The standard InChI is InChI=1S/C10H10N2O2/c1-14-7-2-3-9-8(4-7)10(5-13)12-6-11-9/h2-6,10H,1H3,(H,11,12). The van der Waals surface area contributed by atoms with E-state index in [1.54, 1.807) is 7.11 Å². The molecule has 0 aromatic heterocycles. The number of nitrogens with one attached hydrogen (secondary N) is 1. The molecule has 1 aliphatic heterocycles. The fourth-order valence-corrected chi connectivity index (χ4v) is 1.42. The van der Waals surface area contributed by atoms with E-state index in [1.807, 2.05) is 18.2 Å². The molecule has 0 fully saturated rings. The van der Waals surface area contributed by atoms with Crippen LogP contribution in [0.2, 0.25) is 0 Å². The molecule has 0 saturated heterocycles. The summed E-state index contributed by atoms with van der Waals surface area (Å²) >= 11 is 0. The minimum Gasteiger partial charge on any atom is -0.497 e. The first-order chi connectivity index (χ1) is 6.85. The van der Waals surface area contributed by atoms with Crippen LogP contribution in [0.25, 0.3) is 0 Å². The maximum absolute atomic E-state index is 10.7. The van der Waals surface area contributed by atoms with Crippen LogP contribution >= 0.6 is 0 Å². The van der Waals surface area contributed by atoms with Gasteiger partial charge in [0.1, 0.15) is 18.1 Å². The van der Waals surface area contributed by atoms with Gasteiger partial charge in [0.2, 0.25) is 0 Å². The summed E-state index contributed by atoms with van der Waals surface area (Å²) in [4.78, 5) is 14.7. The Morgan fingerprint density at radius 2 is 2.43 bits per heavy atom. The number of fused-ring (bicyclic) bond motifs is 1. The molecule has 1 N–H and O–H groups in total. The third-order valence-electron chi connectivity index (χ3n) is 2.16. The zero-order valence-electron chi connectivity index (χ0n) is 7.73. The van der Waals surface area contributed by atoms with Gasteiger partial charge in [-0.25, -0.2) is 0 Å². The van der Waals surface area contributed by atoms with Gasteiger partial charge < -0.3 is 14.8 Å². The normalized spacial score (nSPS) is 18.2. The number of nitrogens with zero attached hydrogens (tertiary/aromatic N) is 1. The van der Waals surface area contributed by atoms with Gasteiger partial charge in [-0.3, -0.25) is 4.99 Å². The van der Waals surface area contributed by atoms with Crippen molar-refractivity contribution in [3.8, 4) is 5.75 Å². The van der Waals surface area contributed by atoms with Crippen molar-refractivity contribution in [2.75, 3.05) is 12.4 Å². The van der Waals surface area contributed by atoms with Crippen LogP contribution in [0, 0.1) is 0 Å². The first kappa shape index (κ1) is 8.74. The van der Waals surface area contributed by atoms with Gasteiger partial charge in [0.15, 0.2) is 0 Å². The number of ether oxygens (including phenoxy) is 1. The van der Waals surface area contributed by atoms with Crippen molar-refractivity contribution in [3.63, 3.8) is 0 Å². The number of benzene rings is 1. The highest BCUT2D eigenvalue weighted by atomic mass is 16.5. The van der Waals surface area contributed by atoms with Crippen molar-refractivity contribution in [2.45, 2.75) is 6.04 Å². The second kappa shape index (κ2) is 3.49. The van der Waals surface area contributed by atoms with E-state index >= 15 is 0 Å². The highest BCUT2D eigenvalue weighted by Crippen LogP contribution is 2.30. The van der Waals surface area contributed by atoms with Gasteiger partial charge >= 0.3 is 0 Å². The fourth-order valence-electron chi connectivity index (χ4n) is 1.42. The summed E-state index contributed by atoms with van der Waals surface area (Å²) in [5.41, 5.74) is 1.75. The van der Waals surface area contributed by atoms with Gasteiger partial charge in [-0.2, -0.15) is 0 Å². The van der Waals surface area contributed by atoms with E-state index in [0.717, 1.165) is 23.3 Å². The molecule has 0 saturated carbocycles. The van der Waals surface area contributed by atoms with Crippen LogP contribution in [0.3, 0.4) is 0 Å². The lowest BCUT2D eigenvalue weighted by Crippen LogP contribution is -2.11. The number of methoxy groups -OCH3 is 1. The number of anilines is 1. The third kappa shape index (κ3) is 1.35. The third-order valence-corrected chi connectivity index (χ3v) is 2.16. The van der Waals surface area contributed by atoms with Gasteiger partial charge in [0, 0.05) is 11.3 Å². The number of hydrogen-bond acceptors (Lipinski definition) is 4. The Labute approximate surface area is 81.6 Å². The minimum atomic E-state index is -0.415. The molecule has 1 heterocycles. The molecule has 1 aliphatic rings. The molecule has 14 heavy (non-hydrogen) atoms. The van der Waals surface area contributed by atoms with Gasteiger partial charge in [0.25, 0.3) is 0 Å². The first-order valence-electron chi connectivity index (χ1n) is 4.26. The molecule has 1 aromatic rings. The Hall–Kier alpha value is -1.84. The van der Waals surface area contributed by atoms with Gasteiger partial charge in [-0.05, 0) is 18.2 Å². The molecule has 0 radical (unpaired) electrons. The number of aldehydes is 1. The van der Waals surface area contributed by atoms with Crippen molar-refractivity contribution >= 4 is 18.3 Å². The van der Waals surface area contributed by atoms with E-state index in [2.05, 4.69) is 10.3 Å². The van der Waals surface area contributed by atoms with Crippen molar-refractivity contribution in [2.24, 2.45) is 4.99 Å². The molecule has 0 amide bonds. The zero-order valence-corrected chi connectivity index (χ0v) is 7.73. The lowest BCUT2D eigenvalue weighted by molar-refractivity contribution is -0.108. The Kier molecular flexibility index (Phi) is 2.18. The van der Waals surface area contributed by atoms with E-state index in [1.165, 1.54) is 6.34 Å². The quantitative estimate of drug-likeness (QED) is 0.717. The number of hydrogen-bond donors (Lipinski definition) is 1. The monoisotopic (exact) mass is 190 g/mol.